The third-order valence-electron chi connectivity index (χ3n) is 3.57. The van der Waals surface area contributed by atoms with E-state index in [0.717, 1.165) is 0 Å². The van der Waals surface area contributed by atoms with Crippen molar-refractivity contribution in [2.45, 2.75) is 0 Å². The van der Waals surface area contributed by atoms with Gasteiger partial charge in [-0.05, 0) is 36.4 Å². The molecule has 0 aromatic heterocycles. The predicted molar refractivity (Wildman–Crippen MR) is 86.9 cm³/mol. The number of hydrogen-bond acceptors (Lipinski definition) is 6. The van der Waals surface area contributed by atoms with Gasteiger partial charge in [-0.3, -0.25) is 19.7 Å². The second-order valence-corrected chi connectivity index (χ2v) is 5.16. The predicted octanol–water partition coefficient (Wildman–Crippen LogP) is 1.59. The molecule has 0 fully saturated rings. The molecule has 8 heteroatoms. The number of nitrogens with two attached hydrogens (primary N) is 1. The maximum atomic E-state index is 12.1. The zero-order valence-corrected chi connectivity index (χ0v) is 12.9. The molecule has 0 radical (unpaired) electrons. The van der Waals surface area contributed by atoms with Gasteiger partial charge in [0.25, 0.3) is 11.8 Å². The first-order chi connectivity index (χ1) is 12.0. The minimum atomic E-state index is -1.01. The number of hydrogen-bond donors (Lipinski definition) is 2. The van der Waals surface area contributed by atoms with E-state index in [1.165, 1.54) is 36.4 Å². The molecule has 8 nitrogen and oxygen atoms in total. The average molecular weight is 339 g/mol. The number of carbonyl (C=O) groups excluding carboxylic acids is 4. The van der Waals surface area contributed by atoms with Crippen LogP contribution in [-0.2, 0) is 4.84 Å². The molecule has 3 N–H and O–H groups in total. The summed E-state index contributed by atoms with van der Waals surface area (Å²) in [6.07, 6.45) is -1.01. The van der Waals surface area contributed by atoms with E-state index in [1.807, 2.05) is 0 Å². The van der Waals surface area contributed by atoms with Crippen molar-refractivity contribution in [1.82, 2.24) is 5.06 Å². The molecule has 126 valence electrons. The van der Waals surface area contributed by atoms with Crippen LogP contribution in [0, 0.1) is 0 Å². The molecular weight excluding hydrogens is 326 g/mol. The van der Waals surface area contributed by atoms with Gasteiger partial charge >= 0.3 is 6.09 Å². The fourth-order valence-corrected chi connectivity index (χ4v) is 2.33. The summed E-state index contributed by atoms with van der Waals surface area (Å²) in [6, 6.07) is 12.1. The Balaban J connectivity index is 1.67. The van der Waals surface area contributed by atoms with Gasteiger partial charge in [-0.25, -0.2) is 4.79 Å². The van der Waals surface area contributed by atoms with Crippen LogP contribution in [0.15, 0.2) is 48.5 Å². The lowest BCUT2D eigenvalue weighted by atomic mass is 10.1. The Morgan fingerprint density at radius 1 is 0.960 bits per heavy atom. The van der Waals surface area contributed by atoms with Crippen molar-refractivity contribution in [3.05, 3.63) is 65.2 Å². The summed E-state index contributed by atoms with van der Waals surface area (Å²) < 4.78 is 0. The standard InChI is InChI=1S/C17H13N3O5/c18-9-14(21)10-5-7-11(8-6-10)19-17(24)25-20-15(22)12-3-1-2-4-13(12)16(20)23/h1-8H,9,18H2,(H,19,24). The Bertz CT molecular complexity index is 841. The molecule has 25 heavy (non-hydrogen) atoms. The van der Waals surface area contributed by atoms with E-state index >= 15 is 0 Å². The monoisotopic (exact) mass is 339 g/mol. The minimum Gasteiger partial charge on any atom is -0.324 e. The zero-order chi connectivity index (χ0) is 18.0. The van der Waals surface area contributed by atoms with E-state index < -0.39 is 17.9 Å². The largest absolute Gasteiger partial charge is 0.436 e. The highest BCUT2D eigenvalue weighted by atomic mass is 16.7. The Hall–Kier alpha value is -3.52. The number of nitrogens with zero attached hydrogens (tertiary/aromatic N) is 1. The van der Waals surface area contributed by atoms with Crippen molar-refractivity contribution in [3.63, 3.8) is 0 Å². The Morgan fingerprint density at radius 2 is 1.52 bits per heavy atom. The van der Waals surface area contributed by atoms with E-state index in [2.05, 4.69) is 5.32 Å². The van der Waals surface area contributed by atoms with Crippen molar-refractivity contribution in [3.8, 4) is 0 Å². The molecule has 0 unspecified atom stereocenters. The summed E-state index contributed by atoms with van der Waals surface area (Å²) in [5.41, 5.74) is 6.34. The van der Waals surface area contributed by atoms with Crippen LogP contribution in [0.3, 0.4) is 0 Å². The van der Waals surface area contributed by atoms with Gasteiger partial charge in [0.05, 0.1) is 17.7 Å². The molecule has 0 aliphatic carbocycles. The Kier molecular flexibility index (Phi) is 4.27. The molecule has 1 aliphatic rings. The number of ketones is 1. The number of amides is 3. The van der Waals surface area contributed by atoms with Gasteiger partial charge < -0.3 is 10.6 Å². The van der Waals surface area contributed by atoms with Crippen molar-refractivity contribution >= 4 is 29.4 Å². The second kappa shape index (κ2) is 6.54. The maximum absolute atomic E-state index is 12.1. The summed E-state index contributed by atoms with van der Waals surface area (Å²) in [6.45, 7) is -0.117. The average Bonchev–Trinajstić information content (AvgIpc) is 2.87. The van der Waals surface area contributed by atoms with E-state index in [1.54, 1.807) is 12.1 Å². The number of nitrogens with one attached hydrogen (secondary N) is 1. The van der Waals surface area contributed by atoms with E-state index in [0.29, 0.717) is 16.3 Å². The summed E-state index contributed by atoms with van der Waals surface area (Å²) >= 11 is 0. The molecule has 0 saturated heterocycles. The maximum Gasteiger partial charge on any atom is 0.436 e. The summed E-state index contributed by atoms with van der Waals surface area (Å²) in [5.74, 6) is -1.65. The number of imide groups is 1. The van der Waals surface area contributed by atoms with Crippen LogP contribution < -0.4 is 11.1 Å². The number of benzene rings is 2. The van der Waals surface area contributed by atoms with Crippen molar-refractivity contribution < 1.29 is 24.0 Å². The molecule has 3 rings (SSSR count). The molecule has 0 bridgehead atoms. The van der Waals surface area contributed by atoms with E-state index in [-0.39, 0.29) is 23.5 Å². The zero-order valence-electron chi connectivity index (χ0n) is 12.9. The van der Waals surface area contributed by atoms with Crippen LogP contribution in [-0.4, -0.2) is 35.3 Å². The first-order valence-corrected chi connectivity index (χ1v) is 7.31. The quantitative estimate of drug-likeness (QED) is 0.645. The van der Waals surface area contributed by atoms with Crippen molar-refractivity contribution in [2.75, 3.05) is 11.9 Å². The van der Waals surface area contributed by atoms with Gasteiger partial charge in [0.2, 0.25) is 0 Å². The lowest BCUT2D eigenvalue weighted by molar-refractivity contribution is -0.0398. The highest BCUT2D eigenvalue weighted by molar-refractivity contribution is 6.21. The van der Waals surface area contributed by atoms with Gasteiger partial charge in [0.15, 0.2) is 5.78 Å². The van der Waals surface area contributed by atoms with Crippen LogP contribution in [0.25, 0.3) is 0 Å². The first kappa shape index (κ1) is 16.3. The van der Waals surface area contributed by atoms with E-state index in [9.17, 15) is 19.2 Å². The second-order valence-electron chi connectivity index (χ2n) is 5.16. The lowest BCUT2D eigenvalue weighted by Gasteiger charge is -2.13. The topological polar surface area (TPSA) is 119 Å². The number of anilines is 1. The Morgan fingerprint density at radius 3 is 2.04 bits per heavy atom. The van der Waals surface area contributed by atoms with Gasteiger partial charge in [0, 0.05) is 11.3 Å². The van der Waals surface area contributed by atoms with Crippen LogP contribution >= 0.6 is 0 Å². The lowest BCUT2D eigenvalue weighted by Crippen LogP contribution is -2.34. The van der Waals surface area contributed by atoms with Gasteiger partial charge in [0.1, 0.15) is 0 Å². The number of hydroxylamine groups is 2. The molecule has 1 heterocycles. The summed E-state index contributed by atoms with van der Waals surface area (Å²) in [7, 11) is 0. The van der Waals surface area contributed by atoms with Crippen LogP contribution in [0.1, 0.15) is 31.1 Å². The molecule has 0 saturated carbocycles. The molecule has 1 aliphatic heterocycles. The SMILES string of the molecule is NCC(=O)c1ccc(NC(=O)ON2C(=O)c3ccccc3C2=O)cc1. The highest BCUT2D eigenvalue weighted by Crippen LogP contribution is 2.23. The molecule has 2 aromatic carbocycles. The third-order valence-corrected chi connectivity index (χ3v) is 3.57. The fourth-order valence-electron chi connectivity index (χ4n) is 2.33. The van der Waals surface area contributed by atoms with Crippen molar-refractivity contribution in [1.29, 1.82) is 0 Å². The number of fused-ring (bicyclic) bond motifs is 1. The van der Waals surface area contributed by atoms with Crippen LogP contribution in [0.2, 0.25) is 0 Å². The molecule has 0 spiro atoms. The smallest absolute Gasteiger partial charge is 0.324 e. The number of rotatable bonds is 4. The first-order valence-electron chi connectivity index (χ1n) is 7.31. The van der Waals surface area contributed by atoms with E-state index in [4.69, 9.17) is 10.6 Å². The van der Waals surface area contributed by atoms with Crippen molar-refractivity contribution in [2.24, 2.45) is 5.73 Å². The molecule has 3 amide bonds. The minimum absolute atomic E-state index is 0.117. The van der Waals surface area contributed by atoms with Crippen LogP contribution in [0.5, 0.6) is 0 Å². The van der Waals surface area contributed by atoms with Gasteiger partial charge in [-0.15, -0.1) is 0 Å². The van der Waals surface area contributed by atoms with Gasteiger partial charge in [-0.1, -0.05) is 17.2 Å². The summed E-state index contributed by atoms with van der Waals surface area (Å²) in [4.78, 5) is 52.4. The third kappa shape index (κ3) is 3.10. The highest BCUT2D eigenvalue weighted by Gasteiger charge is 2.38. The molecule has 0 atom stereocenters. The normalized spacial score (nSPS) is 12.8. The van der Waals surface area contributed by atoms with Gasteiger partial charge in [-0.2, -0.15) is 0 Å². The Labute approximate surface area is 142 Å². The molecular formula is C17H13N3O5. The number of carbonyl (C=O) groups is 4. The van der Waals surface area contributed by atoms with Crippen LogP contribution in [0.4, 0.5) is 10.5 Å². The summed E-state index contributed by atoms with van der Waals surface area (Å²) in [5, 5.41) is 2.78. The fraction of sp³-hybridized carbons (Fsp3) is 0.0588. The molecule has 2 aromatic rings. The number of Topliss-reactive ketones (excluding diaryl/α,β-unsaturated/α-hetero) is 1.